The lowest BCUT2D eigenvalue weighted by Crippen LogP contribution is -2.62. The zero-order valence-electron chi connectivity index (χ0n) is 33.6. The van der Waals surface area contributed by atoms with Gasteiger partial charge < -0.3 is 30.2 Å². The SMILES string of the molecule is Cn1nc(C2CCC(=O)NC2=O)c2ccc(N[C@@H]3CCC4(C[C@@H]3C(F)(F)F)CN(c3ncc(Cl)c(Nc5ccc6c(c5)c5c(c(=O)n6C)OCC(F)(F)[C@H](C6CC6)N5)n3)C4)cc21. The van der Waals surface area contributed by atoms with Crippen LogP contribution in [0.3, 0.4) is 0 Å². The summed E-state index contributed by atoms with van der Waals surface area (Å²) in [6.45, 7) is -0.294. The van der Waals surface area contributed by atoms with Crippen LogP contribution in [0.25, 0.3) is 21.8 Å². The van der Waals surface area contributed by atoms with Gasteiger partial charge in [-0.2, -0.15) is 23.3 Å². The van der Waals surface area contributed by atoms with Crippen LogP contribution < -0.4 is 36.5 Å². The van der Waals surface area contributed by atoms with Crippen LogP contribution in [0.15, 0.2) is 47.4 Å². The van der Waals surface area contributed by atoms with Gasteiger partial charge >= 0.3 is 12.1 Å². The number of rotatable bonds is 7. The van der Waals surface area contributed by atoms with Gasteiger partial charge in [0.2, 0.25) is 23.5 Å². The molecule has 0 bridgehead atoms. The molecule has 5 aliphatic rings. The molecule has 14 nitrogen and oxygen atoms in total. The zero-order chi connectivity index (χ0) is 43.5. The van der Waals surface area contributed by atoms with Gasteiger partial charge in [-0.3, -0.25) is 24.4 Å². The fraction of sp³-hybridized carbons (Fsp3) is 0.476. The first-order chi connectivity index (χ1) is 29.5. The van der Waals surface area contributed by atoms with Crippen molar-refractivity contribution in [2.24, 2.45) is 31.3 Å². The molecule has 6 heterocycles. The first kappa shape index (κ1) is 40.4. The number of aromatic nitrogens is 5. The molecule has 4 atom stereocenters. The number of pyridine rings is 1. The Morgan fingerprint density at radius 3 is 2.48 bits per heavy atom. The number of imide groups is 1. The molecule has 1 unspecified atom stereocenters. The highest BCUT2D eigenvalue weighted by molar-refractivity contribution is 6.33. The fourth-order valence-corrected chi connectivity index (χ4v) is 10.0. The van der Waals surface area contributed by atoms with Gasteiger partial charge in [0.05, 0.1) is 46.5 Å². The van der Waals surface area contributed by atoms with E-state index in [2.05, 4.69) is 36.3 Å². The number of ether oxygens (including phenoxy) is 1. The van der Waals surface area contributed by atoms with Crippen molar-refractivity contribution in [3.05, 3.63) is 63.7 Å². The Morgan fingerprint density at radius 2 is 1.74 bits per heavy atom. The Hall–Kier alpha value is -5.72. The normalized spacial score (nSPS) is 24.5. The van der Waals surface area contributed by atoms with Crippen LogP contribution in [-0.2, 0) is 23.7 Å². The number of alkyl halides is 5. The predicted molar refractivity (Wildman–Crippen MR) is 221 cm³/mol. The minimum Gasteiger partial charge on any atom is -0.480 e. The van der Waals surface area contributed by atoms with Crippen molar-refractivity contribution in [3.8, 4) is 5.75 Å². The monoisotopic (exact) mass is 880 g/mol. The molecule has 4 N–H and O–H groups in total. The molecule has 3 aromatic heterocycles. The number of carbonyl (C=O) groups excluding carboxylic acids is 2. The maximum absolute atomic E-state index is 15.2. The highest BCUT2D eigenvalue weighted by atomic mass is 35.5. The van der Waals surface area contributed by atoms with Crippen molar-refractivity contribution < 1.29 is 36.3 Å². The van der Waals surface area contributed by atoms with Crippen LogP contribution >= 0.6 is 11.6 Å². The fourth-order valence-electron chi connectivity index (χ4n) is 9.90. The lowest BCUT2D eigenvalue weighted by molar-refractivity contribution is -0.196. The Morgan fingerprint density at radius 1 is 0.968 bits per heavy atom. The summed E-state index contributed by atoms with van der Waals surface area (Å²) in [7, 11) is 3.25. The maximum Gasteiger partial charge on any atom is 0.393 e. The third-order valence-corrected chi connectivity index (χ3v) is 13.6. The second kappa shape index (κ2) is 14.4. The van der Waals surface area contributed by atoms with Crippen LogP contribution in [-0.4, -0.2) is 80.0 Å². The minimum absolute atomic E-state index is 0.0911. The van der Waals surface area contributed by atoms with E-state index >= 15 is 8.78 Å². The van der Waals surface area contributed by atoms with Crippen LogP contribution in [0.5, 0.6) is 5.75 Å². The second-order valence-corrected chi connectivity index (χ2v) is 18.0. The van der Waals surface area contributed by atoms with E-state index in [9.17, 15) is 27.6 Å². The number of nitrogens with one attached hydrogen (secondary N) is 4. The van der Waals surface area contributed by atoms with Gasteiger partial charge in [0.1, 0.15) is 5.02 Å². The third kappa shape index (κ3) is 7.01. The standard InChI is InChI=1S/C42H42ClF5N10O4/c1-56-29-9-6-21(13-25(29)33-34(38(56)61)62-19-41(44,45)35(53-33)20-3-4-20)51-36-27(43)16-49-39(54-36)58-17-40(18-58)12-11-28(26(15-40)42(46,47)48)50-22-5-7-23-30(14-22)57(2)55-32(23)24-8-10-31(59)52-37(24)60/h5-7,9,13-14,16,20,24,26,28,35,50,53H,3-4,8,10-12,15,17-19H2,1-2H3,(H,49,51,54)(H,52,59,60)/t24?,26-,28+,35-/m0/s1. The average molecular weight is 881 g/mol. The number of carbonyl (C=O) groups is 2. The summed E-state index contributed by atoms with van der Waals surface area (Å²) in [4.78, 5) is 48.4. The van der Waals surface area contributed by atoms with Gasteiger partial charge in [0.25, 0.3) is 5.56 Å². The van der Waals surface area contributed by atoms with E-state index in [0.717, 1.165) is 0 Å². The number of aryl methyl sites for hydroxylation is 2. The summed E-state index contributed by atoms with van der Waals surface area (Å²) in [5.74, 6) is -6.08. The molecule has 20 heteroatoms. The van der Waals surface area contributed by atoms with Gasteiger partial charge in [-0.05, 0) is 80.8 Å². The van der Waals surface area contributed by atoms with Crippen molar-refractivity contribution in [1.82, 2.24) is 29.6 Å². The van der Waals surface area contributed by atoms with E-state index in [0.29, 0.717) is 77.6 Å². The number of piperidine rings is 1. The molecule has 2 saturated carbocycles. The molecule has 2 aromatic carbocycles. The molecular weight excluding hydrogens is 839 g/mol. The topological polar surface area (TPSA) is 160 Å². The minimum atomic E-state index is -4.47. The van der Waals surface area contributed by atoms with E-state index in [-0.39, 0.29) is 59.3 Å². The molecule has 2 amide bonds. The first-order valence-electron chi connectivity index (χ1n) is 20.6. The van der Waals surface area contributed by atoms with Gasteiger partial charge in [-0.25, -0.2) is 13.8 Å². The summed E-state index contributed by atoms with van der Waals surface area (Å²) in [6, 6.07) is 8.22. The number of nitrogens with zero attached hydrogens (tertiary/aromatic N) is 6. The van der Waals surface area contributed by atoms with Crippen molar-refractivity contribution in [1.29, 1.82) is 0 Å². The number of amides is 2. The van der Waals surface area contributed by atoms with Gasteiger partial charge in [0.15, 0.2) is 12.4 Å². The Bertz CT molecular complexity index is 2730. The number of anilines is 5. The van der Waals surface area contributed by atoms with E-state index < -0.39 is 59.5 Å². The molecule has 0 radical (unpaired) electrons. The van der Waals surface area contributed by atoms with Crippen molar-refractivity contribution in [2.45, 2.75) is 75.0 Å². The van der Waals surface area contributed by atoms with Crippen LogP contribution in [0.1, 0.15) is 56.6 Å². The van der Waals surface area contributed by atoms with Crippen molar-refractivity contribution in [3.63, 3.8) is 0 Å². The van der Waals surface area contributed by atoms with E-state index in [1.807, 2.05) is 4.90 Å². The van der Waals surface area contributed by atoms with Crippen LogP contribution in [0.2, 0.25) is 5.02 Å². The van der Waals surface area contributed by atoms with Crippen molar-refractivity contribution in [2.75, 3.05) is 40.5 Å². The van der Waals surface area contributed by atoms with E-state index in [1.165, 1.54) is 10.8 Å². The number of halogens is 6. The van der Waals surface area contributed by atoms with E-state index in [4.69, 9.17) is 16.3 Å². The smallest absolute Gasteiger partial charge is 0.393 e. The zero-order valence-corrected chi connectivity index (χ0v) is 34.3. The van der Waals surface area contributed by atoms with Gasteiger partial charge in [-0.15, -0.1) is 0 Å². The number of hydrogen-bond acceptors (Lipinski definition) is 11. The largest absolute Gasteiger partial charge is 0.480 e. The molecule has 4 fully saturated rings. The van der Waals surface area contributed by atoms with Gasteiger partial charge in [-0.1, -0.05) is 11.6 Å². The Kier molecular flexibility index (Phi) is 9.39. The maximum atomic E-state index is 15.2. The first-order valence-corrected chi connectivity index (χ1v) is 21.0. The number of hydrogen-bond donors (Lipinski definition) is 4. The molecule has 2 aliphatic carbocycles. The lowest BCUT2D eigenvalue weighted by atomic mass is 9.63. The average Bonchev–Trinajstić information content (AvgIpc) is 4.02. The second-order valence-electron chi connectivity index (χ2n) is 17.5. The summed E-state index contributed by atoms with van der Waals surface area (Å²) in [5, 5.41) is 17.6. The summed E-state index contributed by atoms with van der Waals surface area (Å²) < 4.78 is 83.2. The predicted octanol–water partition coefficient (Wildman–Crippen LogP) is 7.00. The highest BCUT2D eigenvalue weighted by Gasteiger charge is 2.56. The number of fused-ring (bicyclic) bond motifs is 4. The van der Waals surface area contributed by atoms with Crippen LogP contribution in [0.4, 0.5) is 50.8 Å². The molecule has 10 rings (SSSR count). The molecule has 5 aromatic rings. The number of benzene rings is 2. The highest BCUT2D eigenvalue weighted by Crippen LogP contribution is 2.52. The van der Waals surface area contributed by atoms with E-state index in [1.54, 1.807) is 55.2 Å². The van der Waals surface area contributed by atoms with Crippen molar-refractivity contribution >= 4 is 74.0 Å². The molecule has 62 heavy (non-hydrogen) atoms. The molecule has 3 aliphatic heterocycles. The third-order valence-electron chi connectivity index (χ3n) is 13.3. The van der Waals surface area contributed by atoms with Gasteiger partial charge in [0, 0.05) is 67.2 Å². The Labute approximate surface area is 355 Å². The van der Waals surface area contributed by atoms with Crippen LogP contribution in [0, 0.1) is 17.3 Å². The lowest BCUT2D eigenvalue weighted by Gasteiger charge is -2.55. The summed E-state index contributed by atoms with van der Waals surface area (Å²) in [6.07, 6.45) is -0.518. The Balaban J connectivity index is 0.845. The molecular formula is C42H42ClF5N10O4. The summed E-state index contributed by atoms with van der Waals surface area (Å²) >= 11 is 6.56. The quantitative estimate of drug-likeness (QED) is 0.0985. The summed E-state index contributed by atoms with van der Waals surface area (Å²) in [5.41, 5.74) is 1.70. The molecule has 326 valence electrons. The molecule has 2 saturated heterocycles. The molecule has 1 spiro atoms.